The smallest absolute Gasteiger partial charge is 0.0548 e. The van der Waals surface area contributed by atoms with E-state index in [0.29, 0.717) is 0 Å². The number of benzene rings is 2. The Morgan fingerprint density at radius 2 is 1.89 bits per heavy atom. The second-order valence-electron chi connectivity index (χ2n) is 4.04. The Kier molecular flexibility index (Phi) is 4.57. The van der Waals surface area contributed by atoms with Crippen LogP contribution in [0, 0.1) is 0 Å². The molecule has 0 saturated heterocycles. The Balaban J connectivity index is 2.24. The molecule has 2 N–H and O–H groups in total. The molecule has 0 aromatic heterocycles. The molecule has 0 aliphatic heterocycles. The van der Waals surface area contributed by atoms with Crippen molar-refractivity contribution >= 4 is 35.0 Å². The standard InChI is InChI=1S/C14H13Cl2NS/c1-9(17)10-5-6-14(13(16)7-10)18-12-4-2-3-11(15)8-12/h2-9H,17H2,1H3/t9-/m1/s1. The van der Waals surface area contributed by atoms with Crippen LogP contribution < -0.4 is 5.73 Å². The van der Waals surface area contributed by atoms with Gasteiger partial charge in [0.25, 0.3) is 0 Å². The predicted octanol–water partition coefficient (Wildman–Crippen LogP) is 5.16. The maximum Gasteiger partial charge on any atom is 0.0548 e. The molecular formula is C14H13Cl2NS. The van der Waals surface area contributed by atoms with E-state index in [0.717, 1.165) is 25.4 Å². The lowest BCUT2D eigenvalue weighted by Crippen LogP contribution is -2.04. The first-order valence-electron chi connectivity index (χ1n) is 5.54. The van der Waals surface area contributed by atoms with Crippen LogP contribution in [0.5, 0.6) is 0 Å². The van der Waals surface area contributed by atoms with Crippen LogP contribution in [-0.4, -0.2) is 0 Å². The number of hydrogen-bond acceptors (Lipinski definition) is 2. The Morgan fingerprint density at radius 3 is 2.50 bits per heavy atom. The molecule has 0 saturated carbocycles. The average Bonchev–Trinajstić information content (AvgIpc) is 2.31. The lowest BCUT2D eigenvalue weighted by molar-refractivity contribution is 0.817. The third-order valence-electron chi connectivity index (χ3n) is 2.51. The Labute approximate surface area is 121 Å². The molecule has 0 radical (unpaired) electrons. The van der Waals surface area contributed by atoms with Gasteiger partial charge < -0.3 is 5.73 Å². The van der Waals surface area contributed by atoms with Crippen LogP contribution in [0.25, 0.3) is 0 Å². The second kappa shape index (κ2) is 5.98. The lowest BCUT2D eigenvalue weighted by Gasteiger charge is -2.09. The molecule has 0 amide bonds. The summed E-state index contributed by atoms with van der Waals surface area (Å²) in [5.74, 6) is 0. The van der Waals surface area contributed by atoms with Crippen molar-refractivity contribution in [3.8, 4) is 0 Å². The quantitative estimate of drug-likeness (QED) is 0.846. The highest BCUT2D eigenvalue weighted by molar-refractivity contribution is 7.99. The van der Waals surface area contributed by atoms with Crippen molar-refractivity contribution in [3.05, 3.63) is 58.1 Å². The molecule has 0 aliphatic rings. The molecule has 0 fully saturated rings. The van der Waals surface area contributed by atoms with E-state index in [1.165, 1.54) is 0 Å². The van der Waals surface area contributed by atoms with Gasteiger partial charge in [0.1, 0.15) is 0 Å². The van der Waals surface area contributed by atoms with E-state index in [9.17, 15) is 0 Å². The maximum atomic E-state index is 6.25. The molecule has 1 atom stereocenters. The zero-order valence-corrected chi connectivity index (χ0v) is 12.2. The van der Waals surface area contributed by atoms with Gasteiger partial charge in [0.15, 0.2) is 0 Å². The molecule has 2 rings (SSSR count). The molecule has 18 heavy (non-hydrogen) atoms. The minimum absolute atomic E-state index is 0.00674. The number of hydrogen-bond donors (Lipinski definition) is 1. The molecule has 4 heteroatoms. The first-order chi connectivity index (χ1) is 8.56. The van der Waals surface area contributed by atoms with Crippen molar-refractivity contribution in [2.75, 3.05) is 0 Å². The predicted molar refractivity (Wildman–Crippen MR) is 79.6 cm³/mol. The highest BCUT2D eigenvalue weighted by Gasteiger charge is 2.06. The summed E-state index contributed by atoms with van der Waals surface area (Å²) in [5.41, 5.74) is 6.86. The Bertz CT molecular complexity index is 555. The van der Waals surface area contributed by atoms with E-state index < -0.39 is 0 Å². The van der Waals surface area contributed by atoms with Gasteiger partial charge in [-0.05, 0) is 42.8 Å². The van der Waals surface area contributed by atoms with Crippen LogP contribution in [0.3, 0.4) is 0 Å². The first kappa shape index (κ1) is 13.8. The largest absolute Gasteiger partial charge is 0.324 e. The zero-order chi connectivity index (χ0) is 13.1. The normalized spacial score (nSPS) is 12.4. The number of rotatable bonds is 3. The molecule has 0 heterocycles. The summed E-state index contributed by atoms with van der Waals surface area (Å²) in [6.07, 6.45) is 0. The van der Waals surface area contributed by atoms with Crippen molar-refractivity contribution in [2.45, 2.75) is 22.8 Å². The summed E-state index contributed by atoms with van der Waals surface area (Å²) in [4.78, 5) is 2.07. The van der Waals surface area contributed by atoms with E-state index in [4.69, 9.17) is 28.9 Å². The molecule has 2 aromatic carbocycles. The van der Waals surface area contributed by atoms with Gasteiger partial charge in [-0.15, -0.1) is 0 Å². The summed E-state index contributed by atoms with van der Waals surface area (Å²) >= 11 is 13.8. The van der Waals surface area contributed by atoms with E-state index in [1.807, 2.05) is 49.4 Å². The average molecular weight is 298 g/mol. The van der Waals surface area contributed by atoms with Gasteiger partial charge in [-0.1, -0.05) is 47.1 Å². The monoisotopic (exact) mass is 297 g/mol. The zero-order valence-electron chi connectivity index (χ0n) is 9.86. The summed E-state index contributed by atoms with van der Waals surface area (Å²) in [6.45, 7) is 1.94. The molecule has 0 aliphatic carbocycles. The second-order valence-corrected chi connectivity index (χ2v) is 6.00. The fourth-order valence-electron chi connectivity index (χ4n) is 1.54. The van der Waals surface area contributed by atoms with Crippen molar-refractivity contribution in [2.24, 2.45) is 5.73 Å². The molecule has 1 nitrogen and oxygen atoms in total. The summed E-state index contributed by atoms with van der Waals surface area (Å²) in [5, 5.41) is 1.44. The van der Waals surface area contributed by atoms with E-state index in [1.54, 1.807) is 11.8 Å². The van der Waals surface area contributed by atoms with E-state index in [-0.39, 0.29) is 6.04 Å². The number of halogens is 2. The summed E-state index contributed by atoms with van der Waals surface area (Å²) < 4.78 is 0. The highest BCUT2D eigenvalue weighted by Crippen LogP contribution is 2.35. The molecule has 0 spiro atoms. The van der Waals surface area contributed by atoms with Gasteiger partial charge in [0.05, 0.1) is 5.02 Å². The third kappa shape index (κ3) is 3.42. The van der Waals surface area contributed by atoms with Crippen LogP contribution in [0.1, 0.15) is 18.5 Å². The van der Waals surface area contributed by atoms with Gasteiger partial charge >= 0.3 is 0 Å². The van der Waals surface area contributed by atoms with Gasteiger partial charge in [0.2, 0.25) is 0 Å². The van der Waals surface area contributed by atoms with E-state index >= 15 is 0 Å². The third-order valence-corrected chi connectivity index (χ3v) is 4.23. The van der Waals surface area contributed by atoms with Crippen molar-refractivity contribution < 1.29 is 0 Å². The SMILES string of the molecule is C[C@@H](N)c1ccc(Sc2cccc(Cl)c2)c(Cl)c1. The fraction of sp³-hybridized carbons (Fsp3) is 0.143. The van der Waals surface area contributed by atoms with Crippen molar-refractivity contribution in [1.82, 2.24) is 0 Å². The highest BCUT2D eigenvalue weighted by atomic mass is 35.5. The molecule has 2 aromatic rings. The summed E-state index contributed by atoms with van der Waals surface area (Å²) in [7, 11) is 0. The molecule has 0 unspecified atom stereocenters. The van der Waals surface area contributed by atoms with E-state index in [2.05, 4.69) is 0 Å². The lowest BCUT2D eigenvalue weighted by atomic mass is 10.1. The van der Waals surface area contributed by atoms with Crippen LogP contribution in [0.15, 0.2) is 52.3 Å². The van der Waals surface area contributed by atoms with Crippen LogP contribution in [-0.2, 0) is 0 Å². The maximum absolute atomic E-state index is 6.25. The molecule has 0 bridgehead atoms. The number of nitrogens with two attached hydrogens (primary N) is 1. The molecular weight excluding hydrogens is 285 g/mol. The van der Waals surface area contributed by atoms with Gasteiger partial charge in [-0.3, -0.25) is 0 Å². The fourth-order valence-corrected chi connectivity index (χ4v) is 2.98. The minimum atomic E-state index is -0.00674. The summed E-state index contributed by atoms with van der Waals surface area (Å²) in [6, 6.07) is 13.6. The first-order valence-corrected chi connectivity index (χ1v) is 7.12. The van der Waals surface area contributed by atoms with Crippen LogP contribution in [0.4, 0.5) is 0 Å². The topological polar surface area (TPSA) is 26.0 Å². The molecule has 94 valence electrons. The van der Waals surface area contributed by atoms with Gasteiger partial charge in [-0.2, -0.15) is 0 Å². The van der Waals surface area contributed by atoms with Crippen LogP contribution in [0.2, 0.25) is 10.0 Å². The van der Waals surface area contributed by atoms with Gasteiger partial charge in [-0.25, -0.2) is 0 Å². The van der Waals surface area contributed by atoms with Crippen molar-refractivity contribution in [3.63, 3.8) is 0 Å². The van der Waals surface area contributed by atoms with Crippen LogP contribution >= 0.6 is 35.0 Å². The van der Waals surface area contributed by atoms with Crippen molar-refractivity contribution in [1.29, 1.82) is 0 Å². The minimum Gasteiger partial charge on any atom is -0.324 e. The van der Waals surface area contributed by atoms with Gasteiger partial charge in [0, 0.05) is 20.9 Å². The Morgan fingerprint density at radius 1 is 1.11 bits per heavy atom. The Hall–Kier alpha value is -0.670.